The molecule has 3 N–H and O–H groups in total. The van der Waals surface area contributed by atoms with E-state index in [0.29, 0.717) is 24.8 Å². The SMILES string of the molecule is Cc1nnc(SCC(=O)NCCC(C)C)n1CCN. The monoisotopic (exact) mass is 285 g/mol. The van der Waals surface area contributed by atoms with Gasteiger partial charge in [-0.15, -0.1) is 10.2 Å². The summed E-state index contributed by atoms with van der Waals surface area (Å²) in [5, 5.41) is 11.7. The molecular weight excluding hydrogens is 262 g/mol. The lowest BCUT2D eigenvalue weighted by Crippen LogP contribution is -2.27. The van der Waals surface area contributed by atoms with Crippen molar-refractivity contribution in [3.05, 3.63) is 5.82 Å². The molecule has 0 aliphatic heterocycles. The highest BCUT2D eigenvalue weighted by Gasteiger charge is 2.10. The molecule has 0 atom stereocenters. The molecule has 1 aromatic rings. The number of hydrogen-bond acceptors (Lipinski definition) is 5. The molecule has 0 saturated heterocycles. The van der Waals surface area contributed by atoms with Gasteiger partial charge in [0.1, 0.15) is 5.82 Å². The van der Waals surface area contributed by atoms with E-state index >= 15 is 0 Å². The van der Waals surface area contributed by atoms with Crippen LogP contribution in [0.1, 0.15) is 26.1 Å². The standard InChI is InChI=1S/C12H23N5OS/c1-9(2)4-6-14-11(18)8-19-12-16-15-10(3)17(12)7-5-13/h9H,4-8,13H2,1-3H3,(H,14,18). The van der Waals surface area contributed by atoms with E-state index in [9.17, 15) is 4.79 Å². The van der Waals surface area contributed by atoms with Gasteiger partial charge in [0.05, 0.1) is 5.75 Å². The Kier molecular flexibility index (Phi) is 6.86. The van der Waals surface area contributed by atoms with E-state index < -0.39 is 0 Å². The molecule has 1 heterocycles. The smallest absolute Gasteiger partial charge is 0.230 e. The summed E-state index contributed by atoms with van der Waals surface area (Å²) >= 11 is 1.40. The fraction of sp³-hybridized carbons (Fsp3) is 0.750. The molecular formula is C12H23N5OS. The summed E-state index contributed by atoms with van der Waals surface area (Å²) in [6, 6.07) is 0. The lowest BCUT2D eigenvalue weighted by Gasteiger charge is -2.08. The fourth-order valence-electron chi connectivity index (χ4n) is 1.54. The van der Waals surface area contributed by atoms with E-state index in [1.165, 1.54) is 11.8 Å². The number of rotatable bonds is 8. The second-order valence-electron chi connectivity index (χ2n) is 4.79. The van der Waals surface area contributed by atoms with Crippen molar-refractivity contribution in [3.63, 3.8) is 0 Å². The molecule has 1 aromatic heterocycles. The van der Waals surface area contributed by atoms with Gasteiger partial charge in [-0.25, -0.2) is 0 Å². The van der Waals surface area contributed by atoms with Crippen LogP contribution in [-0.2, 0) is 11.3 Å². The van der Waals surface area contributed by atoms with E-state index in [-0.39, 0.29) is 5.91 Å². The maximum Gasteiger partial charge on any atom is 0.230 e. The molecule has 0 radical (unpaired) electrons. The lowest BCUT2D eigenvalue weighted by molar-refractivity contribution is -0.118. The average Bonchev–Trinajstić information content (AvgIpc) is 2.69. The zero-order chi connectivity index (χ0) is 14.3. The van der Waals surface area contributed by atoms with E-state index in [2.05, 4.69) is 29.4 Å². The third-order valence-corrected chi connectivity index (χ3v) is 3.60. The topological polar surface area (TPSA) is 85.8 Å². The first-order valence-electron chi connectivity index (χ1n) is 6.54. The van der Waals surface area contributed by atoms with Gasteiger partial charge < -0.3 is 15.6 Å². The summed E-state index contributed by atoms with van der Waals surface area (Å²) < 4.78 is 1.94. The Morgan fingerprint density at radius 2 is 2.21 bits per heavy atom. The number of hydrogen-bond donors (Lipinski definition) is 2. The first kappa shape index (κ1) is 16.0. The fourth-order valence-corrected chi connectivity index (χ4v) is 2.38. The van der Waals surface area contributed by atoms with E-state index in [4.69, 9.17) is 5.73 Å². The van der Waals surface area contributed by atoms with Crippen molar-refractivity contribution in [1.29, 1.82) is 0 Å². The number of aromatic nitrogens is 3. The van der Waals surface area contributed by atoms with Crippen molar-refractivity contribution in [1.82, 2.24) is 20.1 Å². The van der Waals surface area contributed by atoms with Gasteiger partial charge in [-0.2, -0.15) is 0 Å². The van der Waals surface area contributed by atoms with Crippen LogP contribution in [0.25, 0.3) is 0 Å². The minimum Gasteiger partial charge on any atom is -0.355 e. The van der Waals surface area contributed by atoms with Gasteiger partial charge in [0.15, 0.2) is 5.16 Å². The van der Waals surface area contributed by atoms with Crippen molar-refractivity contribution in [3.8, 4) is 0 Å². The predicted octanol–water partition coefficient (Wildman–Crippen LogP) is 0.800. The van der Waals surface area contributed by atoms with Gasteiger partial charge in [0.2, 0.25) is 5.91 Å². The molecule has 0 unspecified atom stereocenters. The van der Waals surface area contributed by atoms with Crippen LogP contribution in [0.4, 0.5) is 0 Å². The number of nitrogens with one attached hydrogen (secondary N) is 1. The number of carbonyl (C=O) groups excluding carboxylic acids is 1. The van der Waals surface area contributed by atoms with Gasteiger partial charge in [-0.05, 0) is 19.3 Å². The summed E-state index contributed by atoms with van der Waals surface area (Å²) in [5.41, 5.74) is 5.54. The van der Waals surface area contributed by atoms with Crippen LogP contribution in [0, 0.1) is 12.8 Å². The quantitative estimate of drug-likeness (QED) is 0.690. The Bertz CT molecular complexity index is 405. The molecule has 1 rings (SSSR count). The predicted molar refractivity (Wildman–Crippen MR) is 77.0 cm³/mol. The van der Waals surface area contributed by atoms with Gasteiger partial charge in [0, 0.05) is 19.6 Å². The molecule has 108 valence electrons. The molecule has 0 aliphatic rings. The maximum absolute atomic E-state index is 11.7. The van der Waals surface area contributed by atoms with Crippen molar-refractivity contribution in [2.75, 3.05) is 18.8 Å². The molecule has 0 aromatic carbocycles. The number of thioether (sulfide) groups is 1. The third-order valence-electron chi connectivity index (χ3n) is 2.63. The molecule has 0 spiro atoms. The molecule has 0 saturated carbocycles. The van der Waals surface area contributed by atoms with Crippen molar-refractivity contribution < 1.29 is 4.79 Å². The number of amides is 1. The van der Waals surface area contributed by atoms with Gasteiger partial charge in [-0.1, -0.05) is 25.6 Å². The highest BCUT2D eigenvalue weighted by molar-refractivity contribution is 7.99. The molecule has 1 amide bonds. The van der Waals surface area contributed by atoms with Gasteiger partial charge in [-0.3, -0.25) is 4.79 Å². The highest BCUT2D eigenvalue weighted by atomic mass is 32.2. The Hall–Kier alpha value is -1.08. The molecule has 0 fully saturated rings. The third kappa shape index (κ3) is 5.61. The van der Waals surface area contributed by atoms with Crippen LogP contribution in [0.2, 0.25) is 0 Å². The van der Waals surface area contributed by atoms with Crippen molar-refractivity contribution >= 4 is 17.7 Å². The summed E-state index contributed by atoms with van der Waals surface area (Å²) in [5.74, 6) is 1.82. The zero-order valence-electron chi connectivity index (χ0n) is 11.8. The first-order valence-corrected chi connectivity index (χ1v) is 7.52. The van der Waals surface area contributed by atoms with Crippen LogP contribution in [0.3, 0.4) is 0 Å². The Balaban J connectivity index is 2.37. The van der Waals surface area contributed by atoms with Crippen LogP contribution in [0.15, 0.2) is 5.16 Å². The summed E-state index contributed by atoms with van der Waals surface area (Å²) in [6.07, 6.45) is 0.999. The number of aryl methyl sites for hydroxylation is 1. The molecule has 0 aliphatic carbocycles. The van der Waals surface area contributed by atoms with E-state index in [1.807, 2.05) is 11.5 Å². The van der Waals surface area contributed by atoms with Crippen LogP contribution < -0.4 is 11.1 Å². The molecule has 0 bridgehead atoms. The number of carbonyl (C=O) groups is 1. The molecule has 7 heteroatoms. The molecule has 19 heavy (non-hydrogen) atoms. The number of nitrogens with two attached hydrogens (primary N) is 1. The Morgan fingerprint density at radius 3 is 2.84 bits per heavy atom. The van der Waals surface area contributed by atoms with Gasteiger partial charge >= 0.3 is 0 Å². The Morgan fingerprint density at radius 1 is 1.47 bits per heavy atom. The lowest BCUT2D eigenvalue weighted by atomic mass is 10.1. The van der Waals surface area contributed by atoms with Crippen LogP contribution >= 0.6 is 11.8 Å². The maximum atomic E-state index is 11.7. The molecule has 6 nitrogen and oxygen atoms in total. The summed E-state index contributed by atoms with van der Waals surface area (Å²) in [4.78, 5) is 11.7. The summed E-state index contributed by atoms with van der Waals surface area (Å²) in [7, 11) is 0. The second kappa shape index (κ2) is 8.16. The summed E-state index contributed by atoms with van der Waals surface area (Å²) in [6.45, 7) is 8.10. The zero-order valence-corrected chi connectivity index (χ0v) is 12.7. The van der Waals surface area contributed by atoms with Crippen molar-refractivity contribution in [2.24, 2.45) is 11.7 Å². The van der Waals surface area contributed by atoms with E-state index in [0.717, 1.165) is 23.9 Å². The minimum atomic E-state index is 0.0330. The first-order chi connectivity index (χ1) is 9.04. The van der Waals surface area contributed by atoms with Gasteiger partial charge in [0.25, 0.3) is 0 Å². The van der Waals surface area contributed by atoms with Crippen LogP contribution in [-0.4, -0.2) is 39.5 Å². The second-order valence-corrected chi connectivity index (χ2v) is 5.73. The average molecular weight is 285 g/mol. The van der Waals surface area contributed by atoms with E-state index in [1.54, 1.807) is 0 Å². The minimum absolute atomic E-state index is 0.0330. The number of nitrogens with zero attached hydrogens (tertiary/aromatic N) is 3. The van der Waals surface area contributed by atoms with Crippen molar-refractivity contribution in [2.45, 2.75) is 38.9 Å². The normalized spacial score (nSPS) is 11.0. The van der Waals surface area contributed by atoms with Crippen LogP contribution in [0.5, 0.6) is 0 Å². The highest BCUT2D eigenvalue weighted by Crippen LogP contribution is 2.16. The Labute approximate surface area is 118 Å². The largest absolute Gasteiger partial charge is 0.355 e.